The average molecular weight is 458 g/mol. The molecule has 4 rings (SSSR count). The molecule has 2 aliphatic rings. The Labute approximate surface area is 188 Å². The number of ether oxygens (including phenoxy) is 1. The first-order chi connectivity index (χ1) is 15.3. The van der Waals surface area contributed by atoms with Crippen molar-refractivity contribution in [2.75, 3.05) is 31.6 Å². The molecule has 2 N–H and O–H groups in total. The van der Waals surface area contributed by atoms with E-state index >= 15 is 0 Å². The topological polar surface area (TPSA) is 105 Å². The number of carbonyl (C=O) groups excluding carboxylic acids is 2. The van der Waals surface area contributed by atoms with E-state index in [1.54, 1.807) is 6.07 Å². The summed E-state index contributed by atoms with van der Waals surface area (Å²) in [7, 11) is -3.73. The third-order valence-electron chi connectivity index (χ3n) is 6.00. The van der Waals surface area contributed by atoms with Crippen molar-refractivity contribution >= 4 is 27.5 Å². The van der Waals surface area contributed by atoms with Crippen LogP contribution >= 0.6 is 0 Å². The van der Waals surface area contributed by atoms with E-state index in [9.17, 15) is 18.0 Å². The highest BCUT2D eigenvalue weighted by Crippen LogP contribution is 2.32. The van der Waals surface area contributed by atoms with Crippen molar-refractivity contribution in [1.82, 2.24) is 9.62 Å². The van der Waals surface area contributed by atoms with Gasteiger partial charge in [-0.1, -0.05) is 37.3 Å². The molecule has 0 saturated carbocycles. The number of piperidine rings is 1. The summed E-state index contributed by atoms with van der Waals surface area (Å²) in [5, 5.41) is 5.65. The van der Waals surface area contributed by atoms with E-state index in [0.717, 1.165) is 0 Å². The summed E-state index contributed by atoms with van der Waals surface area (Å²) in [6.45, 7) is 3.07. The van der Waals surface area contributed by atoms with Crippen LogP contribution in [0.25, 0.3) is 0 Å². The van der Waals surface area contributed by atoms with Gasteiger partial charge in [-0.15, -0.1) is 0 Å². The van der Waals surface area contributed by atoms with Crippen molar-refractivity contribution in [3.05, 3.63) is 54.1 Å². The summed E-state index contributed by atoms with van der Waals surface area (Å²) in [4.78, 5) is 24.2. The Morgan fingerprint density at radius 3 is 2.62 bits per heavy atom. The highest BCUT2D eigenvalue weighted by atomic mass is 32.2. The minimum Gasteiger partial charge on any atom is -0.482 e. The second kappa shape index (κ2) is 9.30. The van der Waals surface area contributed by atoms with Crippen molar-refractivity contribution in [1.29, 1.82) is 0 Å². The maximum absolute atomic E-state index is 13.1. The van der Waals surface area contributed by atoms with E-state index in [4.69, 9.17) is 4.74 Å². The van der Waals surface area contributed by atoms with Gasteiger partial charge in [0.1, 0.15) is 5.75 Å². The fraction of sp³-hybridized carbons (Fsp3) is 0.391. The molecule has 1 atom stereocenters. The number of hydrogen-bond acceptors (Lipinski definition) is 5. The van der Waals surface area contributed by atoms with Gasteiger partial charge in [-0.05, 0) is 42.5 Å². The summed E-state index contributed by atoms with van der Waals surface area (Å²) in [6, 6.07) is 14.5. The Kier molecular flexibility index (Phi) is 6.48. The first-order valence-corrected chi connectivity index (χ1v) is 12.2. The fourth-order valence-electron chi connectivity index (χ4n) is 4.03. The molecule has 170 valence electrons. The number of nitrogens with zero attached hydrogens (tertiary/aromatic N) is 1. The molecule has 0 radical (unpaired) electrons. The average Bonchev–Trinajstić information content (AvgIpc) is 2.82. The SMILES string of the molecule is CC(CNC(=O)C1CCN(S(=O)(=O)c2ccc3c(c2)NC(=O)CO3)CC1)c1ccccc1. The lowest BCUT2D eigenvalue weighted by atomic mass is 9.96. The molecular weight excluding hydrogens is 430 g/mol. The number of hydrogen-bond donors (Lipinski definition) is 2. The molecule has 1 fully saturated rings. The number of carbonyl (C=O) groups is 2. The van der Waals surface area contributed by atoms with Gasteiger partial charge >= 0.3 is 0 Å². The van der Waals surface area contributed by atoms with Crippen LogP contribution in [-0.4, -0.2) is 50.8 Å². The zero-order valence-corrected chi connectivity index (χ0v) is 18.7. The molecule has 2 aromatic carbocycles. The second-order valence-corrected chi connectivity index (χ2v) is 10.2. The molecule has 2 heterocycles. The normalized spacial score (nSPS) is 18.2. The third kappa shape index (κ3) is 4.78. The number of rotatable bonds is 6. The van der Waals surface area contributed by atoms with E-state index in [2.05, 4.69) is 17.6 Å². The lowest BCUT2D eigenvalue weighted by Crippen LogP contribution is -2.43. The van der Waals surface area contributed by atoms with Crippen molar-refractivity contribution < 1.29 is 22.7 Å². The van der Waals surface area contributed by atoms with E-state index in [-0.39, 0.29) is 48.2 Å². The Hall–Kier alpha value is -2.91. The minimum atomic E-state index is -3.73. The van der Waals surface area contributed by atoms with Gasteiger partial charge in [0.15, 0.2) is 6.61 Å². The van der Waals surface area contributed by atoms with Crippen LogP contribution in [0.5, 0.6) is 5.75 Å². The highest BCUT2D eigenvalue weighted by Gasteiger charge is 2.33. The van der Waals surface area contributed by atoms with Gasteiger partial charge < -0.3 is 15.4 Å². The number of amides is 2. The lowest BCUT2D eigenvalue weighted by Gasteiger charge is -2.31. The zero-order valence-electron chi connectivity index (χ0n) is 17.9. The van der Waals surface area contributed by atoms with E-state index in [1.807, 2.05) is 30.3 Å². The van der Waals surface area contributed by atoms with Gasteiger partial charge in [0, 0.05) is 25.6 Å². The molecule has 0 aliphatic carbocycles. The highest BCUT2D eigenvalue weighted by molar-refractivity contribution is 7.89. The molecule has 8 nitrogen and oxygen atoms in total. The number of fused-ring (bicyclic) bond motifs is 1. The van der Waals surface area contributed by atoms with Crippen molar-refractivity contribution in [3.63, 3.8) is 0 Å². The minimum absolute atomic E-state index is 0.0292. The van der Waals surface area contributed by atoms with Gasteiger partial charge in [-0.25, -0.2) is 8.42 Å². The molecular formula is C23H27N3O5S. The van der Waals surface area contributed by atoms with Crippen LogP contribution in [0.4, 0.5) is 5.69 Å². The predicted molar refractivity (Wildman–Crippen MR) is 120 cm³/mol. The summed E-state index contributed by atoms with van der Waals surface area (Å²) >= 11 is 0. The molecule has 9 heteroatoms. The lowest BCUT2D eigenvalue weighted by molar-refractivity contribution is -0.126. The number of nitrogens with one attached hydrogen (secondary N) is 2. The smallest absolute Gasteiger partial charge is 0.262 e. The Balaban J connectivity index is 1.33. The second-order valence-electron chi connectivity index (χ2n) is 8.23. The van der Waals surface area contributed by atoms with E-state index < -0.39 is 10.0 Å². The summed E-state index contributed by atoms with van der Waals surface area (Å²) < 4.78 is 32.8. The first kappa shape index (κ1) is 22.3. The van der Waals surface area contributed by atoms with Crippen LogP contribution in [0, 0.1) is 5.92 Å². The fourth-order valence-corrected chi connectivity index (χ4v) is 5.52. The molecule has 2 aromatic rings. The van der Waals surface area contributed by atoms with Gasteiger partial charge in [0.25, 0.3) is 5.91 Å². The number of sulfonamides is 1. The summed E-state index contributed by atoms with van der Waals surface area (Å²) in [5.74, 6) is 0.0947. The number of benzene rings is 2. The molecule has 1 unspecified atom stereocenters. The zero-order chi connectivity index (χ0) is 22.7. The van der Waals surface area contributed by atoms with Gasteiger partial charge in [0.05, 0.1) is 10.6 Å². The Morgan fingerprint density at radius 1 is 1.19 bits per heavy atom. The van der Waals surface area contributed by atoms with Crippen molar-refractivity contribution in [3.8, 4) is 5.75 Å². The molecule has 0 bridgehead atoms. The number of anilines is 1. The van der Waals surface area contributed by atoms with Crippen LogP contribution < -0.4 is 15.4 Å². The molecule has 2 aliphatic heterocycles. The first-order valence-electron chi connectivity index (χ1n) is 10.7. The molecule has 32 heavy (non-hydrogen) atoms. The van der Waals surface area contributed by atoms with Crippen LogP contribution in [0.3, 0.4) is 0 Å². The standard InChI is InChI=1S/C23H27N3O5S/c1-16(17-5-3-2-4-6-17)14-24-23(28)18-9-11-26(12-10-18)32(29,30)19-7-8-21-20(13-19)25-22(27)15-31-21/h2-8,13,16,18H,9-12,14-15H2,1H3,(H,24,28)(H,25,27). The quantitative estimate of drug-likeness (QED) is 0.693. The largest absolute Gasteiger partial charge is 0.482 e. The molecule has 0 spiro atoms. The molecule has 0 aromatic heterocycles. The predicted octanol–water partition coefficient (Wildman–Crippen LogP) is 2.34. The summed E-state index contributed by atoms with van der Waals surface area (Å²) in [5.41, 5.74) is 1.52. The van der Waals surface area contributed by atoms with Crippen LogP contribution in [0.1, 0.15) is 31.2 Å². The van der Waals surface area contributed by atoms with Crippen molar-refractivity contribution in [2.45, 2.75) is 30.6 Å². The molecule has 2 amide bonds. The van der Waals surface area contributed by atoms with Crippen molar-refractivity contribution in [2.24, 2.45) is 5.92 Å². The van der Waals surface area contributed by atoms with E-state index in [1.165, 1.54) is 22.0 Å². The maximum Gasteiger partial charge on any atom is 0.262 e. The van der Waals surface area contributed by atoms with Crippen LogP contribution in [-0.2, 0) is 19.6 Å². The van der Waals surface area contributed by atoms with Gasteiger partial charge in [-0.3, -0.25) is 9.59 Å². The summed E-state index contributed by atoms with van der Waals surface area (Å²) in [6.07, 6.45) is 0.936. The maximum atomic E-state index is 13.1. The third-order valence-corrected chi connectivity index (χ3v) is 7.89. The van der Waals surface area contributed by atoms with Crippen LogP contribution in [0.15, 0.2) is 53.4 Å². The Bertz CT molecular complexity index is 1100. The monoisotopic (exact) mass is 457 g/mol. The van der Waals surface area contributed by atoms with Gasteiger partial charge in [0.2, 0.25) is 15.9 Å². The Morgan fingerprint density at radius 2 is 1.91 bits per heavy atom. The molecule has 1 saturated heterocycles. The van der Waals surface area contributed by atoms with E-state index in [0.29, 0.717) is 30.8 Å². The van der Waals surface area contributed by atoms with Crippen LogP contribution in [0.2, 0.25) is 0 Å². The van der Waals surface area contributed by atoms with Gasteiger partial charge in [-0.2, -0.15) is 4.31 Å².